The van der Waals surface area contributed by atoms with Gasteiger partial charge in [0.15, 0.2) is 10.9 Å². The molecule has 3 aromatic heterocycles. The van der Waals surface area contributed by atoms with E-state index in [9.17, 15) is 14.7 Å². The normalized spacial score (nSPS) is 15.6. The zero-order chi connectivity index (χ0) is 21.4. The highest BCUT2D eigenvalue weighted by molar-refractivity contribution is 7.15. The summed E-state index contributed by atoms with van der Waals surface area (Å²) >= 11 is 13.7. The van der Waals surface area contributed by atoms with Crippen molar-refractivity contribution < 1.29 is 14.3 Å². The summed E-state index contributed by atoms with van der Waals surface area (Å²) in [6, 6.07) is 1.20. The molecule has 0 spiro atoms. The minimum absolute atomic E-state index is 0.0353. The van der Waals surface area contributed by atoms with Crippen LogP contribution >= 0.6 is 34.5 Å². The second-order valence-corrected chi connectivity index (χ2v) is 8.84. The average Bonchev–Trinajstić information content (AvgIpc) is 3.24. The van der Waals surface area contributed by atoms with Crippen LogP contribution in [0.25, 0.3) is 0 Å². The van der Waals surface area contributed by atoms with E-state index in [-0.39, 0.29) is 29.2 Å². The van der Waals surface area contributed by atoms with Gasteiger partial charge in [0.25, 0.3) is 5.91 Å². The molecule has 0 fully saturated rings. The molecular formula is C19H18Cl2N4O4S. The Morgan fingerprint density at radius 1 is 1.43 bits per heavy atom. The highest BCUT2D eigenvalue weighted by atomic mass is 35.5. The molecule has 4 rings (SSSR count). The summed E-state index contributed by atoms with van der Waals surface area (Å²) in [5.41, 5.74) is 1.43. The molecular weight excluding hydrogens is 451 g/mol. The lowest BCUT2D eigenvalue weighted by Crippen LogP contribution is -2.38. The van der Waals surface area contributed by atoms with Crippen molar-refractivity contribution in [3.8, 4) is 5.75 Å². The molecule has 0 aliphatic heterocycles. The van der Waals surface area contributed by atoms with Gasteiger partial charge in [0.1, 0.15) is 17.7 Å². The van der Waals surface area contributed by atoms with Crippen molar-refractivity contribution in [2.75, 3.05) is 5.32 Å². The zero-order valence-electron chi connectivity index (χ0n) is 15.8. The van der Waals surface area contributed by atoms with E-state index in [1.54, 1.807) is 6.92 Å². The van der Waals surface area contributed by atoms with E-state index < -0.39 is 11.2 Å². The van der Waals surface area contributed by atoms with Crippen molar-refractivity contribution in [2.45, 2.75) is 38.8 Å². The lowest BCUT2D eigenvalue weighted by atomic mass is 9.97. The summed E-state index contributed by atoms with van der Waals surface area (Å²) < 4.78 is 5.18. The SMILES string of the molecule is Cc1[nH]c(C(=O)N[C@H]2CCc3nc(NCc4cc(=O)c(O)co4)sc3C2)c(Cl)c1Cl. The summed E-state index contributed by atoms with van der Waals surface area (Å²) in [7, 11) is 0. The number of H-pyrrole nitrogens is 1. The maximum Gasteiger partial charge on any atom is 0.269 e. The topological polar surface area (TPSA) is 120 Å². The van der Waals surface area contributed by atoms with Gasteiger partial charge in [-0.25, -0.2) is 4.98 Å². The van der Waals surface area contributed by atoms with E-state index in [0.717, 1.165) is 29.7 Å². The van der Waals surface area contributed by atoms with Crippen LogP contribution in [0.15, 0.2) is 21.5 Å². The Labute approximate surface area is 185 Å². The molecule has 3 aromatic rings. The van der Waals surface area contributed by atoms with Crippen LogP contribution in [0.2, 0.25) is 10.0 Å². The van der Waals surface area contributed by atoms with Crippen molar-refractivity contribution in [1.29, 1.82) is 0 Å². The second kappa shape index (κ2) is 8.33. The van der Waals surface area contributed by atoms with Crippen LogP contribution in [-0.4, -0.2) is 27.0 Å². The molecule has 0 aromatic carbocycles. The van der Waals surface area contributed by atoms with Gasteiger partial charge < -0.3 is 25.1 Å². The van der Waals surface area contributed by atoms with Crippen LogP contribution in [-0.2, 0) is 19.4 Å². The lowest BCUT2D eigenvalue weighted by molar-refractivity contribution is 0.0929. The lowest BCUT2D eigenvalue weighted by Gasteiger charge is -2.22. The first-order valence-corrected chi connectivity index (χ1v) is 10.8. The highest BCUT2D eigenvalue weighted by Gasteiger charge is 2.26. The zero-order valence-corrected chi connectivity index (χ0v) is 18.2. The summed E-state index contributed by atoms with van der Waals surface area (Å²) in [6.07, 6.45) is 3.19. The summed E-state index contributed by atoms with van der Waals surface area (Å²) in [5, 5.41) is 16.7. The third kappa shape index (κ3) is 4.19. The first-order chi connectivity index (χ1) is 14.3. The van der Waals surface area contributed by atoms with E-state index in [4.69, 9.17) is 27.6 Å². The number of anilines is 1. The summed E-state index contributed by atoms with van der Waals surface area (Å²) in [4.78, 5) is 32.6. The van der Waals surface area contributed by atoms with Crippen LogP contribution in [0.4, 0.5) is 5.13 Å². The number of halogens is 2. The van der Waals surface area contributed by atoms with Crippen LogP contribution in [0.3, 0.4) is 0 Å². The predicted molar refractivity (Wildman–Crippen MR) is 115 cm³/mol. The van der Waals surface area contributed by atoms with Crippen molar-refractivity contribution in [3.05, 3.63) is 60.3 Å². The Hall–Kier alpha value is -2.49. The van der Waals surface area contributed by atoms with Gasteiger partial charge in [0.2, 0.25) is 5.43 Å². The molecule has 0 radical (unpaired) electrons. The third-order valence-corrected chi connectivity index (χ3v) is 6.86. The van der Waals surface area contributed by atoms with Gasteiger partial charge in [-0.15, -0.1) is 11.3 Å². The number of thiazole rings is 1. The van der Waals surface area contributed by atoms with Gasteiger partial charge in [-0.1, -0.05) is 23.2 Å². The minimum Gasteiger partial charge on any atom is -0.502 e. The summed E-state index contributed by atoms with van der Waals surface area (Å²) in [6.45, 7) is 2.03. The van der Waals surface area contributed by atoms with E-state index in [1.807, 2.05) is 0 Å². The Bertz CT molecular complexity index is 1170. The third-order valence-electron chi connectivity index (χ3n) is 4.84. The Balaban J connectivity index is 1.39. The number of aryl methyl sites for hydroxylation is 2. The molecule has 8 nitrogen and oxygen atoms in total. The van der Waals surface area contributed by atoms with Crippen LogP contribution < -0.4 is 16.1 Å². The number of aromatic nitrogens is 2. The van der Waals surface area contributed by atoms with E-state index in [1.165, 1.54) is 17.4 Å². The van der Waals surface area contributed by atoms with E-state index in [0.29, 0.717) is 28.0 Å². The second-order valence-electron chi connectivity index (χ2n) is 7.00. The number of hydrogen-bond donors (Lipinski definition) is 4. The molecule has 11 heteroatoms. The molecule has 0 saturated heterocycles. The summed E-state index contributed by atoms with van der Waals surface area (Å²) in [5.74, 6) is -0.309. The standard InChI is InChI=1S/C19H18Cl2N4O4S/c1-8-15(20)16(21)17(23-8)18(28)24-9-2-3-11-14(4-9)30-19(25-11)22-6-10-5-12(26)13(27)7-29-10/h5,7,9,23,27H,2-4,6H2,1H3,(H,22,25)(H,24,28)/t9-/m0/s1. The fourth-order valence-corrected chi connectivity index (χ4v) is 4.76. The van der Waals surface area contributed by atoms with Crippen molar-refractivity contribution >= 4 is 45.6 Å². The first kappa shape index (κ1) is 20.8. The molecule has 1 aliphatic rings. The van der Waals surface area contributed by atoms with Crippen molar-refractivity contribution in [2.24, 2.45) is 0 Å². The Morgan fingerprint density at radius 3 is 2.93 bits per heavy atom. The monoisotopic (exact) mass is 468 g/mol. The molecule has 0 bridgehead atoms. The van der Waals surface area contributed by atoms with Crippen LogP contribution in [0.1, 0.15) is 38.9 Å². The maximum absolute atomic E-state index is 12.6. The number of carbonyl (C=O) groups is 1. The smallest absolute Gasteiger partial charge is 0.269 e. The largest absolute Gasteiger partial charge is 0.502 e. The van der Waals surface area contributed by atoms with Gasteiger partial charge in [-0.05, 0) is 19.8 Å². The number of nitrogens with one attached hydrogen (secondary N) is 3. The number of carbonyl (C=O) groups excluding carboxylic acids is 1. The number of nitrogens with zero attached hydrogens (tertiary/aromatic N) is 1. The quantitative estimate of drug-likeness (QED) is 0.453. The average molecular weight is 469 g/mol. The minimum atomic E-state index is -0.492. The van der Waals surface area contributed by atoms with Crippen LogP contribution in [0.5, 0.6) is 5.75 Å². The molecule has 3 heterocycles. The van der Waals surface area contributed by atoms with Gasteiger partial charge in [-0.2, -0.15) is 0 Å². The maximum atomic E-state index is 12.6. The van der Waals surface area contributed by atoms with Crippen molar-refractivity contribution in [3.63, 3.8) is 0 Å². The molecule has 158 valence electrons. The Morgan fingerprint density at radius 2 is 2.23 bits per heavy atom. The molecule has 1 atom stereocenters. The molecule has 30 heavy (non-hydrogen) atoms. The number of aromatic amines is 1. The molecule has 0 saturated carbocycles. The van der Waals surface area contributed by atoms with Gasteiger partial charge in [0, 0.05) is 29.1 Å². The number of fused-ring (bicyclic) bond motifs is 1. The number of rotatable bonds is 5. The Kier molecular flexibility index (Phi) is 5.77. The van der Waals surface area contributed by atoms with Crippen LogP contribution in [0, 0.1) is 6.92 Å². The number of amides is 1. The predicted octanol–water partition coefficient (Wildman–Crippen LogP) is 3.64. The highest BCUT2D eigenvalue weighted by Crippen LogP contribution is 2.32. The number of hydrogen-bond acceptors (Lipinski definition) is 7. The molecule has 4 N–H and O–H groups in total. The molecule has 1 amide bonds. The van der Waals surface area contributed by atoms with Gasteiger partial charge >= 0.3 is 0 Å². The molecule has 1 aliphatic carbocycles. The first-order valence-electron chi connectivity index (χ1n) is 9.19. The van der Waals surface area contributed by atoms with Gasteiger partial charge in [-0.3, -0.25) is 9.59 Å². The fraction of sp³-hybridized carbons (Fsp3) is 0.316. The van der Waals surface area contributed by atoms with E-state index >= 15 is 0 Å². The fourth-order valence-electron chi connectivity index (χ4n) is 3.26. The van der Waals surface area contributed by atoms with E-state index in [2.05, 4.69) is 20.6 Å². The number of aromatic hydroxyl groups is 1. The van der Waals surface area contributed by atoms with Gasteiger partial charge in [0.05, 0.1) is 22.3 Å². The van der Waals surface area contributed by atoms with Crippen molar-refractivity contribution in [1.82, 2.24) is 15.3 Å². The molecule has 0 unspecified atom stereocenters.